The monoisotopic (exact) mass is 1060 g/mol. The van der Waals surface area contributed by atoms with E-state index in [2.05, 4.69) is 25.5 Å². The Labute approximate surface area is 433 Å². The number of aryl methyl sites for hydroxylation is 1. The van der Waals surface area contributed by atoms with Crippen LogP contribution in [0.25, 0.3) is 22.2 Å². The van der Waals surface area contributed by atoms with E-state index in [0.717, 1.165) is 16.7 Å². The smallest absolute Gasteiger partial charge is 0.418 e. The van der Waals surface area contributed by atoms with Gasteiger partial charge in [0.1, 0.15) is 47.6 Å². The summed E-state index contributed by atoms with van der Waals surface area (Å²) < 4.78 is 123. The zero-order valence-electron chi connectivity index (χ0n) is 41.6. The molecule has 4 aromatic carbocycles. The molecule has 14 nitrogen and oxygen atoms in total. The van der Waals surface area contributed by atoms with Crippen LogP contribution in [0, 0.1) is 12.7 Å². The molecule has 2 atom stereocenters. The van der Waals surface area contributed by atoms with E-state index in [1.807, 2.05) is 55.5 Å². The zero-order valence-corrected chi connectivity index (χ0v) is 42.3. The van der Waals surface area contributed by atoms with E-state index in [0.29, 0.717) is 48.1 Å². The highest BCUT2D eigenvalue weighted by Gasteiger charge is 2.60. The number of hydrogen-bond donors (Lipinski definition) is 1. The summed E-state index contributed by atoms with van der Waals surface area (Å²) in [7, 11) is 4.66. The predicted molar refractivity (Wildman–Crippen MR) is 271 cm³/mol. The Kier molecular flexibility index (Phi) is 13.9. The van der Waals surface area contributed by atoms with Gasteiger partial charge in [0.2, 0.25) is 0 Å². The Morgan fingerprint density at radius 2 is 1.48 bits per heavy atom. The molecule has 2 saturated heterocycles. The largest absolute Gasteiger partial charge is 0.497 e. The van der Waals surface area contributed by atoms with Gasteiger partial charge in [0.05, 0.1) is 79.4 Å². The minimum absolute atomic E-state index is 0.0504. The molecule has 0 unspecified atom stereocenters. The lowest BCUT2D eigenvalue weighted by Crippen LogP contribution is -2.59. The van der Waals surface area contributed by atoms with Gasteiger partial charge in [-0.25, -0.2) is 18.2 Å². The molecule has 3 aromatic heterocycles. The summed E-state index contributed by atoms with van der Waals surface area (Å²) in [6, 6.07) is 23.9. The van der Waals surface area contributed by atoms with Crippen LogP contribution in [0.3, 0.4) is 0 Å². The van der Waals surface area contributed by atoms with Crippen molar-refractivity contribution in [1.29, 1.82) is 0 Å². The third-order valence-electron chi connectivity index (χ3n) is 14.2. The van der Waals surface area contributed by atoms with E-state index in [1.54, 1.807) is 52.1 Å². The number of methoxy groups -OCH3 is 3. The molecule has 3 aliphatic heterocycles. The van der Waals surface area contributed by atoms with E-state index in [1.165, 1.54) is 33.4 Å². The summed E-state index contributed by atoms with van der Waals surface area (Å²) in [4.78, 5) is 19.3. The van der Waals surface area contributed by atoms with E-state index in [-0.39, 0.29) is 61.2 Å². The average molecular weight is 1060 g/mol. The predicted octanol–water partition coefficient (Wildman–Crippen LogP) is 11.3. The Morgan fingerprint density at radius 1 is 0.853 bits per heavy atom. The molecule has 0 bridgehead atoms. The summed E-state index contributed by atoms with van der Waals surface area (Å²) in [5.74, 6) is -1.93. The van der Waals surface area contributed by atoms with Crippen LogP contribution in [0.15, 0.2) is 91.1 Å². The summed E-state index contributed by atoms with van der Waals surface area (Å²) >= 11 is 7.25. The lowest BCUT2D eigenvalue weighted by molar-refractivity contribution is -0.137. The van der Waals surface area contributed by atoms with Crippen LogP contribution in [0.2, 0.25) is 5.02 Å². The number of hydrogen-bond acceptors (Lipinski definition) is 14. The molecule has 2 fully saturated rings. The zero-order chi connectivity index (χ0) is 52.8. The molecule has 7 aromatic rings. The van der Waals surface area contributed by atoms with Crippen molar-refractivity contribution in [2.45, 2.75) is 70.0 Å². The van der Waals surface area contributed by atoms with Gasteiger partial charge in [-0.3, -0.25) is 4.90 Å². The van der Waals surface area contributed by atoms with Gasteiger partial charge in [-0.15, -0.1) is 5.10 Å². The topological polar surface area (TPSA) is 132 Å². The van der Waals surface area contributed by atoms with Gasteiger partial charge in [0.15, 0.2) is 17.4 Å². The van der Waals surface area contributed by atoms with Crippen molar-refractivity contribution in [2.24, 2.45) is 0 Å². The number of anilines is 3. The maximum Gasteiger partial charge on any atom is 0.418 e. The van der Waals surface area contributed by atoms with Crippen LogP contribution >= 0.6 is 11.6 Å². The third kappa shape index (κ3) is 10.2. The van der Waals surface area contributed by atoms with Crippen LogP contribution in [0.4, 0.5) is 43.8 Å². The molecule has 3 aliphatic rings. The van der Waals surface area contributed by atoms with Crippen LogP contribution in [-0.2, 0) is 25.8 Å². The van der Waals surface area contributed by atoms with E-state index in [9.17, 15) is 8.78 Å². The number of halogens is 7. The van der Waals surface area contributed by atoms with Crippen LogP contribution in [-0.4, -0.2) is 95.7 Å². The van der Waals surface area contributed by atoms with Gasteiger partial charge in [0, 0.05) is 38.2 Å². The highest BCUT2D eigenvalue weighted by molar-refractivity contribution is 6.36. The van der Waals surface area contributed by atoms with Crippen molar-refractivity contribution in [3.63, 3.8) is 0 Å². The van der Waals surface area contributed by atoms with E-state index in [4.69, 9.17) is 40.3 Å². The van der Waals surface area contributed by atoms with Crippen molar-refractivity contribution >= 4 is 40.0 Å². The molecule has 392 valence electrons. The first-order valence-electron chi connectivity index (χ1n) is 24.1. The molecule has 0 amide bonds. The maximum atomic E-state index is 18.2. The fourth-order valence-corrected chi connectivity index (χ4v) is 10.6. The highest BCUT2D eigenvalue weighted by atomic mass is 35.5. The number of nitrogens with one attached hydrogen (secondary N) is 1. The number of benzene rings is 4. The molecule has 6 heterocycles. The van der Waals surface area contributed by atoms with Crippen molar-refractivity contribution in [3.05, 3.63) is 135 Å². The summed E-state index contributed by atoms with van der Waals surface area (Å²) in [6.45, 7) is 3.55. The van der Waals surface area contributed by atoms with Crippen molar-refractivity contribution in [2.75, 3.05) is 69.3 Å². The van der Waals surface area contributed by atoms with Crippen LogP contribution in [0.1, 0.15) is 59.2 Å². The normalized spacial score (nSPS) is 17.4. The lowest BCUT2D eigenvalue weighted by atomic mass is 9.85. The quantitative estimate of drug-likeness (QED) is 0.0868. The van der Waals surface area contributed by atoms with Gasteiger partial charge in [-0.1, -0.05) is 48.0 Å². The molecule has 21 heteroatoms. The summed E-state index contributed by atoms with van der Waals surface area (Å²) in [5, 5.41) is 11.4. The van der Waals surface area contributed by atoms with Crippen molar-refractivity contribution < 1.29 is 50.0 Å². The lowest BCUT2D eigenvalue weighted by Gasteiger charge is -2.46. The first-order chi connectivity index (χ1) is 36.0. The number of rotatable bonds is 17. The highest BCUT2D eigenvalue weighted by Crippen LogP contribution is 2.52. The second kappa shape index (κ2) is 20.4. The minimum atomic E-state index is -5.06. The van der Waals surface area contributed by atoms with Gasteiger partial charge in [0.25, 0.3) is 5.92 Å². The molecular formula is C54H52ClF6N9O5. The van der Waals surface area contributed by atoms with Crippen LogP contribution in [0.5, 0.6) is 29.0 Å². The average Bonchev–Trinajstić information content (AvgIpc) is 3.49. The summed E-state index contributed by atoms with van der Waals surface area (Å²) in [6.07, 6.45) is -3.59. The molecule has 10 rings (SSSR count). The number of fused-ring (bicyclic) bond motifs is 1. The number of nitrogens with zero attached hydrogens (tertiary/aromatic N) is 8. The van der Waals surface area contributed by atoms with Gasteiger partial charge >= 0.3 is 12.2 Å². The molecule has 0 saturated carbocycles. The Bertz CT molecular complexity index is 3180. The third-order valence-corrected chi connectivity index (χ3v) is 14.6. The number of ether oxygens (including phenoxy) is 5. The Hall–Kier alpha value is -7.32. The first kappa shape index (κ1) is 51.2. The van der Waals surface area contributed by atoms with E-state index < -0.39 is 75.8 Å². The maximum absolute atomic E-state index is 18.2. The molecule has 75 heavy (non-hydrogen) atoms. The van der Waals surface area contributed by atoms with Crippen LogP contribution < -0.4 is 38.8 Å². The second-order valence-corrected chi connectivity index (χ2v) is 19.3. The molecule has 0 spiro atoms. The van der Waals surface area contributed by atoms with Crippen molar-refractivity contribution in [3.8, 4) is 40.3 Å². The number of pyridine rings is 1. The molecule has 1 N–H and O–H groups in total. The Morgan fingerprint density at radius 3 is 2.05 bits per heavy atom. The second-order valence-electron chi connectivity index (χ2n) is 18.9. The first-order valence-corrected chi connectivity index (χ1v) is 24.5. The number of aromatic nitrogens is 5. The fourth-order valence-electron chi connectivity index (χ4n) is 10.2. The standard InChI is InChI=1S/C54H52ClF6N9O5/c1-31-24-40(68(26-34-8-14-37(72-4)15-9-34)27-35-10-16-38(73-5)17-11-35)64-46(43(31)54(59,60)61)41-44(55)48-42-47(45(41)56)65-51(75-30-52-19-21-69(52)29-53(57,58)28-52)66-50(42)70(22-23-74-48)32(2)39-18-20-63-67-49(39)62-25-33-6-12-36(71-3)13-7-33/h6-18,20,24,32H,19,21-23,25-30H2,1-5H3,(H,62,67)/t32-,52-/m1/s1. The van der Waals surface area contributed by atoms with Gasteiger partial charge in [-0.05, 0) is 91.1 Å². The fraction of sp³-hybridized carbons (Fsp3) is 0.352. The van der Waals surface area contributed by atoms with Gasteiger partial charge in [-0.2, -0.15) is 28.2 Å². The molecule has 0 aliphatic carbocycles. The molecule has 0 radical (unpaired) electrons. The SMILES string of the molecule is COc1ccc(CNc2nnccc2[C@@H](C)N2CCOc3c(Cl)c(-c4nc(N(Cc5ccc(OC)cc5)Cc5ccc(OC)cc5)cc(C)c4C(F)(F)F)c(F)c4nc(OC[C@]56CCN5CC(F)(F)C6)nc2c34)cc1. The van der Waals surface area contributed by atoms with Crippen molar-refractivity contribution in [1.82, 2.24) is 30.0 Å². The van der Waals surface area contributed by atoms with Gasteiger partial charge < -0.3 is 38.8 Å². The van der Waals surface area contributed by atoms with E-state index >= 15 is 17.6 Å². The molecular weight excluding hydrogens is 1000 g/mol. The Balaban J connectivity index is 1.12. The summed E-state index contributed by atoms with van der Waals surface area (Å²) in [5.41, 5.74) is -1.39. The number of alkyl halides is 5. The minimum Gasteiger partial charge on any atom is -0.497 e.